The summed E-state index contributed by atoms with van der Waals surface area (Å²) in [6.45, 7) is 2.23. The third-order valence-electron chi connectivity index (χ3n) is 2.32. The van der Waals surface area contributed by atoms with Gasteiger partial charge in [-0.15, -0.1) is 0 Å². The molecule has 0 aliphatic rings. The Morgan fingerprint density at radius 2 is 2.06 bits per heavy atom. The molecule has 0 aromatic heterocycles. The summed E-state index contributed by atoms with van der Waals surface area (Å²) in [6.07, 6.45) is 0.801. The molecule has 1 amide bonds. The average molecular weight is 222 g/mol. The summed E-state index contributed by atoms with van der Waals surface area (Å²) in [4.78, 5) is 11.5. The number of para-hydroxylation sites is 1. The zero-order valence-corrected chi connectivity index (χ0v) is 9.44. The van der Waals surface area contributed by atoms with Crippen LogP contribution in [0.2, 0.25) is 0 Å². The van der Waals surface area contributed by atoms with Crippen LogP contribution in [0.4, 0.5) is 5.69 Å². The van der Waals surface area contributed by atoms with E-state index in [2.05, 4.69) is 10.6 Å². The van der Waals surface area contributed by atoms with E-state index >= 15 is 0 Å². The second-order valence-electron chi connectivity index (χ2n) is 3.58. The summed E-state index contributed by atoms with van der Waals surface area (Å²) < 4.78 is 0. The number of carbonyl (C=O) groups is 1. The molecule has 0 radical (unpaired) electrons. The first-order chi connectivity index (χ1) is 7.76. The monoisotopic (exact) mass is 222 g/mol. The molecule has 0 bridgehead atoms. The van der Waals surface area contributed by atoms with Crippen LogP contribution in [-0.4, -0.2) is 30.2 Å². The smallest absolute Gasteiger partial charge is 0.238 e. The van der Waals surface area contributed by atoms with E-state index in [0.717, 1.165) is 12.1 Å². The van der Waals surface area contributed by atoms with Crippen molar-refractivity contribution in [1.82, 2.24) is 5.32 Å². The fraction of sp³-hybridized carbons (Fsp3) is 0.417. The number of benzene rings is 1. The van der Waals surface area contributed by atoms with Crippen LogP contribution in [0.15, 0.2) is 30.3 Å². The van der Waals surface area contributed by atoms with E-state index in [0.29, 0.717) is 0 Å². The van der Waals surface area contributed by atoms with Gasteiger partial charge in [-0.3, -0.25) is 4.79 Å². The minimum absolute atomic E-state index is 0.0125. The molecule has 1 aromatic rings. The molecule has 3 N–H and O–H groups in total. The molecular formula is C12H18N2O2. The lowest BCUT2D eigenvalue weighted by Crippen LogP contribution is -2.37. The molecule has 0 fully saturated rings. The Bertz CT molecular complexity index is 310. The number of aliphatic hydroxyl groups is 1. The molecular weight excluding hydrogens is 204 g/mol. The lowest BCUT2D eigenvalue weighted by atomic mass is 10.2. The fourth-order valence-electron chi connectivity index (χ4n) is 1.30. The number of anilines is 1. The van der Waals surface area contributed by atoms with Gasteiger partial charge in [-0.25, -0.2) is 0 Å². The van der Waals surface area contributed by atoms with Gasteiger partial charge in [0.1, 0.15) is 0 Å². The Morgan fingerprint density at radius 1 is 1.38 bits per heavy atom. The number of aliphatic hydroxyl groups excluding tert-OH is 1. The molecule has 88 valence electrons. The molecule has 1 rings (SSSR count). The van der Waals surface area contributed by atoms with E-state index in [1.54, 1.807) is 0 Å². The van der Waals surface area contributed by atoms with Crippen molar-refractivity contribution in [3.8, 4) is 0 Å². The van der Waals surface area contributed by atoms with E-state index < -0.39 is 0 Å². The van der Waals surface area contributed by atoms with Crippen LogP contribution in [0, 0.1) is 0 Å². The number of amides is 1. The van der Waals surface area contributed by atoms with Crippen LogP contribution in [-0.2, 0) is 4.79 Å². The zero-order valence-electron chi connectivity index (χ0n) is 9.44. The van der Waals surface area contributed by atoms with Gasteiger partial charge in [-0.05, 0) is 18.6 Å². The van der Waals surface area contributed by atoms with Crippen LogP contribution >= 0.6 is 0 Å². The minimum atomic E-state index is -0.0990. The van der Waals surface area contributed by atoms with Gasteiger partial charge in [0.15, 0.2) is 0 Å². The van der Waals surface area contributed by atoms with Crippen LogP contribution in [0.1, 0.15) is 13.3 Å². The lowest BCUT2D eigenvalue weighted by molar-refractivity contribution is -0.115. The second kappa shape index (κ2) is 6.98. The van der Waals surface area contributed by atoms with Gasteiger partial charge in [0.05, 0.1) is 13.2 Å². The van der Waals surface area contributed by atoms with Crippen molar-refractivity contribution < 1.29 is 9.90 Å². The summed E-state index contributed by atoms with van der Waals surface area (Å²) in [7, 11) is 0. The van der Waals surface area contributed by atoms with Crippen molar-refractivity contribution in [2.45, 2.75) is 19.4 Å². The summed E-state index contributed by atoms with van der Waals surface area (Å²) in [5.41, 5.74) is 0.784. The topological polar surface area (TPSA) is 61.4 Å². The Morgan fingerprint density at radius 3 is 2.62 bits per heavy atom. The molecule has 4 nitrogen and oxygen atoms in total. The first-order valence-electron chi connectivity index (χ1n) is 5.45. The van der Waals surface area contributed by atoms with Crippen molar-refractivity contribution in [3.05, 3.63) is 30.3 Å². The van der Waals surface area contributed by atoms with E-state index in [9.17, 15) is 4.79 Å². The predicted molar refractivity (Wildman–Crippen MR) is 64.2 cm³/mol. The van der Waals surface area contributed by atoms with Gasteiger partial charge >= 0.3 is 0 Å². The van der Waals surface area contributed by atoms with Crippen LogP contribution in [0.5, 0.6) is 0 Å². The number of nitrogens with one attached hydrogen (secondary N) is 2. The van der Waals surface area contributed by atoms with E-state index in [1.165, 1.54) is 0 Å². The third-order valence-corrected chi connectivity index (χ3v) is 2.32. The summed E-state index contributed by atoms with van der Waals surface area (Å²) in [5.74, 6) is -0.0990. The number of hydrogen-bond acceptors (Lipinski definition) is 3. The quantitative estimate of drug-likeness (QED) is 0.672. The SMILES string of the molecule is CCC(CO)NCC(=O)Nc1ccccc1. The molecule has 0 aliphatic carbocycles. The molecule has 0 heterocycles. The van der Waals surface area contributed by atoms with Crippen LogP contribution < -0.4 is 10.6 Å². The Kier molecular flexibility index (Phi) is 5.53. The second-order valence-corrected chi connectivity index (χ2v) is 3.58. The van der Waals surface area contributed by atoms with Gasteiger partial charge in [-0.1, -0.05) is 25.1 Å². The maximum absolute atomic E-state index is 11.5. The van der Waals surface area contributed by atoms with Crippen molar-refractivity contribution in [2.24, 2.45) is 0 Å². The molecule has 16 heavy (non-hydrogen) atoms. The Hall–Kier alpha value is -1.39. The average Bonchev–Trinajstić information content (AvgIpc) is 2.31. The molecule has 1 atom stereocenters. The van der Waals surface area contributed by atoms with Gasteiger partial charge in [0.25, 0.3) is 0 Å². The van der Waals surface area contributed by atoms with Crippen LogP contribution in [0.3, 0.4) is 0 Å². The molecule has 0 saturated heterocycles. The number of hydrogen-bond donors (Lipinski definition) is 3. The predicted octanol–water partition coefficient (Wildman–Crippen LogP) is 0.986. The van der Waals surface area contributed by atoms with Gasteiger partial charge in [0, 0.05) is 11.7 Å². The highest BCUT2D eigenvalue weighted by molar-refractivity contribution is 5.92. The molecule has 4 heteroatoms. The number of carbonyl (C=O) groups excluding carboxylic acids is 1. The highest BCUT2D eigenvalue weighted by Gasteiger charge is 2.06. The summed E-state index contributed by atoms with van der Waals surface area (Å²) in [5, 5.41) is 14.7. The lowest BCUT2D eigenvalue weighted by Gasteiger charge is -2.13. The largest absolute Gasteiger partial charge is 0.395 e. The van der Waals surface area contributed by atoms with Gasteiger partial charge in [-0.2, -0.15) is 0 Å². The Labute approximate surface area is 95.7 Å². The number of rotatable bonds is 6. The fourth-order valence-corrected chi connectivity index (χ4v) is 1.30. The van der Waals surface area contributed by atoms with E-state index in [1.807, 2.05) is 37.3 Å². The van der Waals surface area contributed by atoms with E-state index in [-0.39, 0.29) is 25.1 Å². The minimum Gasteiger partial charge on any atom is -0.395 e. The maximum atomic E-state index is 11.5. The first kappa shape index (κ1) is 12.7. The highest BCUT2D eigenvalue weighted by atomic mass is 16.3. The van der Waals surface area contributed by atoms with Crippen molar-refractivity contribution in [2.75, 3.05) is 18.5 Å². The standard InChI is InChI=1S/C12H18N2O2/c1-2-10(9-15)13-8-12(16)14-11-6-4-3-5-7-11/h3-7,10,13,15H,2,8-9H2,1H3,(H,14,16). The first-order valence-corrected chi connectivity index (χ1v) is 5.45. The van der Waals surface area contributed by atoms with Gasteiger partial charge in [0.2, 0.25) is 5.91 Å². The van der Waals surface area contributed by atoms with Crippen molar-refractivity contribution in [3.63, 3.8) is 0 Å². The van der Waals surface area contributed by atoms with Gasteiger partial charge < -0.3 is 15.7 Å². The van der Waals surface area contributed by atoms with Crippen molar-refractivity contribution in [1.29, 1.82) is 0 Å². The zero-order chi connectivity index (χ0) is 11.8. The molecule has 0 aliphatic heterocycles. The molecule has 0 spiro atoms. The Balaban J connectivity index is 2.31. The molecule has 1 unspecified atom stereocenters. The van der Waals surface area contributed by atoms with E-state index in [4.69, 9.17) is 5.11 Å². The molecule has 0 saturated carbocycles. The summed E-state index contributed by atoms with van der Waals surface area (Å²) in [6, 6.07) is 9.29. The van der Waals surface area contributed by atoms with Crippen molar-refractivity contribution >= 4 is 11.6 Å². The maximum Gasteiger partial charge on any atom is 0.238 e. The summed E-state index contributed by atoms with van der Waals surface area (Å²) >= 11 is 0. The highest BCUT2D eigenvalue weighted by Crippen LogP contribution is 2.04. The van der Waals surface area contributed by atoms with Crippen LogP contribution in [0.25, 0.3) is 0 Å². The third kappa shape index (κ3) is 4.42. The normalized spacial score (nSPS) is 12.1. The molecule has 1 aromatic carbocycles.